The van der Waals surface area contributed by atoms with Crippen LogP contribution < -0.4 is 0 Å². The number of hydrogen-bond donors (Lipinski definition) is 1. The van der Waals surface area contributed by atoms with E-state index in [1.807, 2.05) is 0 Å². The molecule has 1 aliphatic rings. The fourth-order valence-electron chi connectivity index (χ4n) is 2.63. The Labute approximate surface area is 134 Å². The van der Waals surface area contributed by atoms with Crippen LogP contribution in [-0.4, -0.2) is 24.7 Å². The van der Waals surface area contributed by atoms with Crippen molar-refractivity contribution in [2.24, 2.45) is 5.92 Å². The van der Waals surface area contributed by atoms with Gasteiger partial charge in [0.1, 0.15) is 0 Å². The van der Waals surface area contributed by atoms with E-state index in [1.54, 1.807) is 0 Å². The van der Waals surface area contributed by atoms with Crippen molar-refractivity contribution in [1.82, 2.24) is 0 Å². The van der Waals surface area contributed by atoms with Crippen LogP contribution in [-0.2, 0) is 9.84 Å². The van der Waals surface area contributed by atoms with Gasteiger partial charge in [-0.3, -0.25) is 0 Å². The molecule has 116 valence electrons. The minimum Gasteiger partial charge on any atom is -0.478 e. The van der Waals surface area contributed by atoms with Crippen LogP contribution in [0.15, 0.2) is 17.0 Å². The molecule has 0 bridgehead atoms. The molecule has 4 nitrogen and oxygen atoms in total. The Morgan fingerprint density at radius 1 is 1.14 bits per heavy atom. The Morgan fingerprint density at radius 2 is 1.71 bits per heavy atom. The number of carbonyl (C=O) groups is 1. The molecule has 1 aromatic carbocycles. The first kappa shape index (κ1) is 16.6. The summed E-state index contributed by atoms with van der Waals surface area (Å²) in [6, 6.07) is 2.26. The number of carboxylic acids is 1. The molecule has 7 heteroatoms. The summed E-state index contributed by atoms with van der Waals surface area (Å²) in [6.07, 6.45) is 2.84. The van der Waals surface area contributed by atoms with Crippen molar-refractivity contribution in [2.45, 2.75) is 42.8 Å². The molecule has 0 spiro atoms. The van der Waals surface area contributed by atoms with Crippen LogP contribution in [0.3, 0.4) is 0 Å². The summed E-state index contributed by atoms with van der Waals surface area (Å²) >= 11 is 11.8. The third kappa shape index (κ3) is 3.35. The molecular formula is C14H16Cl2O4S. The monoisotopic (exact) mass is 350 g/mol. The molecule has 2 rings (SSSR count). The molecule has 0 aliphatic heterocycles. The van der Waals surface area contributed by atoms with Crippen LogP contribution in [0.1, 0.15) is 43.0 Å². The normalized spacial score (nSPS) is 23.0. The summed E-state index contributed by atoms with van der Waals surface area (Å²) in [5, 5.41) is 8.47. The highest BCUT2D eigenvalue weighted by Gasteiger charge is 2.33. The lowest BCUT2D eigenvalue weighted by Crippen LogP contribution is -2.27. The third-order valence-corrected chi connectivity index (χ3v) is 7.00. The molecule has 0 saturated heterocycles. The van der Waals surface area contributed by atoms with Gasteiger partial charge in [0.2, 0.25) is 0 Å². The highest BCUT2D eigenvalue weighted by molar-refractivity contribution is 7.92. The highest BCUT2D eigenvalue weighted by atomic mass is 35.5. The van der Waals surface area contributed by atoms with Crippen molar-refractivity contribution in [2.75, 3.05) is 0 Å². The molecule has 0 atom stereocenters. The van der Waals surface area contributed by atoms with Gasteiger partial charge in [-0.25, -0.2) is 13.2 Å². The molecule has 0 unspecified atom stereocenters. The van der Waals surface area contributed by atoms with Gasteiger partial charge in [-0.05, 0) is 43.7 Å². The Hall–Kier alpha value is -0.780. The van der Waals surface area contributed by atoms with E-state index in [0.717, 1.165) is 18.9 Å². The fraction of sp³-hybridized carbons (Fsp3) is 0.500. The lowest BCUT2D eigenvalue weighted by molar-refractivity contribution is 0.0697. The zero-order valence-electron chi connectivity index (χ0n) is 11.5. The quantitative estimate of drug-likeness (QED) is 0.892. The van der Waals surface area contributed by atoms with E-state index in [9.17, 15) is 13.2 Å². The van der Waals surface area contributed by atoms with Gasteiger partial charge in [-0.2, -0.15) is 0 Å². The van der Waals surface area contributed by atoms with E-state index in [1.165, 1.54) is 6.07 Å². The zero-order chi connectivity index (χ0) is 15.8. The van der Waals surface area contributed by atoms with Crippen molar-refractivity contribution in [3.63, 3.8) is 0 Å². The first-order valence-corrected chi connectivity index (χ1v) is 9.00. The summed E-state index contributed by atoms with van der Waals surface area (Å²) in [6.45, 7) is 2.10. The standard InChI is InChI=1S/C14H16Cl2O4S/c1-8-2-4-9(5-3-8)21(19,20)13-6-10(14(17)18)11(15)7-12(13)16/h6-9H,2-5H2,1H3,(H,17,18). The second-order valence-electron chi connectivity index (χ2n) is 5.49. The van der Waals surface area contributed by atoms with Crippen LogP contribution in [0.5, 0.6) is 0 Å². The first-order valence-electron chi connectivity index (χ1n) is 6.69. The molecule has 1 fully saturated rings. The largest absolute Gasteiger partial charge is 0.478 e. The molecule has 1 aliphatic carbocycles. The fourth-order valence-corrected chi connectivity index (χ4v) is 5.28. The molecule has 0 radical (unpaired) electrons. The number of benzene rings is 1. The maximum absolute atomic E-state index is 12.7. The number of halogens is 2. The van der Waals surface area contributed by atoms with E-state index in [4.69, 9.17) is 28.3 Å². The van der Waals surface area contributed by atoms with Crippen molar-refractivity contribution in [3.05, 3.63) is 27.7 Å². The Kier molecular flexibility index (Phi) is 4.85. The lowest BCUT2D eigenvalue weighted by Gasteiger charge is -2.26. The second-order valence-corrected chi connectivity index (χ2v) is 8.51. The number of sulfone groups is 1. The van der Waals surface area contributed by atoms with Gasteiger partial charge in [0.15, 0.2) is 9.84 Å². The second kappa shape index (κ2) is 6.15. The van der Waals surface area contributed by atoms with Crippen molar-refractivity contribution < 1.29 is 18.3 Å². The lowest BCUT2D eigenvalue weighted by atomic mass is 9.91. The van der Waals surface area contributed by atoms with Crippen LogP contribution in [0.25, 0.3) is 0 Å². The summed E-state index contributed by atoms with van der Waals surface area (Å²) in [4.78, 5) is 11.0. The van der Waals surface area contributed by atoms with Crippen LogP contribution in [0.4, 0.5) is 0 Å². The molecular weight excluding hydrogens is 335 g/mol. The summed E-state index contributed by atoms with van der Waals surface area (Å²) in [5.41, 5.74) is -0.246. The average Bonchev–Trinajstić information content (AvgIpc) is 2.38. The van der Waals surface area contributed by atoms with Gasteiger partial charge >= 0.3 is 5.97 Å². The molecule has 0 heterocycles. The Balaban J connectivity index is 2.45. The van der Waals surface area contributed by atoms with Crippen molar-refractivity contribution in [1.29, 1.82) is 0 Å². The number of rotatable bonds is 3. The predicted molar refractivity (Wildman–Crippen MR) is 82.0 cm³/mol. The zero-order valence-corrected chi connectivity index (χ0v) is 13.8. The van der Waals surface area contributed by atoms with Crippen LogP contribution in [0.2, 0.25) is 10.0 Å². The molecule has 0 aromatic heterocycles. The number of hydrogen-bond acceptors (Lipinski definition) is 3. The summed E-state index contributed by atoms with van der Waals surface area (Å²) in [7, 11) is -3.64. The SMILES string of the molecule is CC1CCC(S(=O)(=O)c2cc(C(=O)O)c(Cl)cc2Cl)CC1. The average molecular weight is 351 g/mol. The molecule has 1 aromatic rings. The van der Waals surface area contributed by atoms with Crippen LogP contribution >= 0.6 is 23.2 Å². The highest BCUT2D eigenvalue weighted by Crippen LogP contribution is 2.36. The Morgan fingerprint density at radius 3 is 2.24 bits per heavy atom. The molecule has 1 N–H and O–H groups in total. The predicted octanol–water partition coefficient (Wildman–Crippen LogP) is 4.04. The van der Waals surface area contributed by atoms with E-state index in [0.29, 0.717) is 18.8 Å². The van der Waals surface area contributed by atoms with E-state index >= 15 is 0 Å². The first-order chi connectivity index (χ1) is 9.73. The molecule has 1 saturated carbocycles. The number of aromatic carboxylic acids is 1. The van der Waals surface area contributed by atoms with Crippen molar-refractivity contribution >= 4 is 39.0 Å². The number of carboxylic acid groups (broad SMARTS) is 1. The molecule has 0 amide bonds. The van der Waals surface area contributed by atoms with E-state index in [2.05, 4.69) is 6.92 Å². The van der Waals surface area contributed by atoms with Gasteiger partial charge in [-0.15, -0.1) is 0 Å². The van der Waals surface area contributed by atoms with Crippen LogP contribution in [0, 0.1) is 5.92 Å². The summed E-state index contributed by atoms with van der Waals surface area (Å²) in [5.74, 6) is -0.753. The third-order valence-electron chi connectivity index (χ3n) is 3.96. The van der Waals surface area contributed by atoms with Gasteiger partial charge in [0, 0.05) is 0 Å². The minimum absolute atomic E-state index is 0.0244. The maximum Gasteiger partial charge on any atom is 0.337 e. The van der Waals surface area contributed by atoms with E-state index < -0.39 is 21.1 Å². The van der Waals surface area contributed by atoms with Gasteiger partial charge in [0.05, 0.1) is 25.8 Å². The van der Waals surface area contributed by atoms with Gasteiger partial charge in [-0.1, -0.05) is 30.1 Å². The molecule has 21 heavy (non-hydrogen) atoms. The Bertz CT molecular complexity index is 662. The van der Waals surface area contributed by atoms with Gasteiger partial charge < -0.3 is 5.11 Å². The maximum atomic E-state index is 12.7. The topological polar surface area (TPSA) is 71.4 Å². The van der Waals surface area contributed by atoms with E-state index in [-0.39, 0.29) is 20.5 Å². The smallest absolute Gasteiger partial charge is 0.337 e. The summed E-state index contributed by atoms with van der Waals surface area (Å²) < 4.78 is 25.4. The van der Waals surface area contributed by atoms with Crippen molar-refractivity contribution in [3.8, 4) is 0 Å². The van der Waals surface area contributed by atoms with Gasteiger partial charge in [0.25, 0.3) is 0 Å². The minimum atomic E-state index is -3.64.